The largest absolute Gasteiger partial charge is 0.288 e. The summed E-state index contributed by atoms with van der Waals surface area (Å²) in [5.74, 6) is -1.88. The molecule has 104 valence electrons. The van der Waals surface area contributed by atoms with Crippen molar-refractivity contribution in [2.24, 2.45) is 0 Å². The normalized spacial score (nSPS) is 10.7. The smallest absolute Gasteiger partial charge is 0.196 e. The fraction of sp³-hybridized carbons (Fsp3) is 0.235. The molecule has 0 fully saturated rings. The maximum atomic E-state index is 13.8. The van der Waals surface area contributed by atoms with Gasteiger partial charge in [0.15, 0.2) is 5.78 Å². The van der Waals surface area contributed by atoms with Crippen LogP contribution >= 0.6 is 0 Å². The standard InChI is InChI=1S/C17H16F2O/c1-9-5-11(3)13(6-10(9)2)17(20)14-7-12(4)15(18)8-16(14)19/h5-8H,1-4H3. The van der Waals surface area contributed by atoms with Crippen LogP contribution < -0.4 is 0 Å². The molecule has 0 spiro atoms. The van der Waals surface area contributed by atoms with E-state index in [0.717, 1.165) is 22.8 Å². The molecular weight excluding hydrogens is 258 g/mol. The first-order valence-electron chi connectivity index (χ1n) is 6.39. The average Bonchev–Trinajstić information content (AvgIpc) is 2.37. The van der Waals surface area contributed by atoms with E-state index in [1.165, 1.54) is 13.0 Å². The Morgan fingerprint density at radius 1 is 0.700 bits per heavy atom. The lowest BCUT2D eigenvalue weighted by atomic mass is 9.94. The molecule has 0 aliphatic carbocycles. The molecule has 0 radical (unpaired) electrons. The van der Waals surface area contributed by atoms with Crippen LogP contribution in [0.1, 0.15) is 38.2 Å². The molecule has 0 heterocycles. The highest BCUT2D eigenvalue weighted by Gasteiger charge is 2.18. The molecule has 0 unspecified atom stereocenters. The van der Waals surface area contributed by atoms with Gasteiger partial charge in [-0.3, -0.25) is 4.79 Å². The molecule has 2 rings (SSSR count). The second-order valence-corrected chi connectivity index (χ2v) is 5.16. The van der Waals surface area contributed by atoms with Crippen molar-refractivity contribution < 1.29 is 13.6 Å². The lowest BCUT2D eigenvalue weighted by Crippen LogP contribution is -2.08. The molecule has 3 heteroatoms. The quantitative estimate of drug-likeness (QED) is 0.740. The number of carbonyl (C=O) groups is 1. The van der Waals surface area contributed by atoms with Gasteiger partial charge in [-0.25, -0.2) is 8.78 Å². The Morgan fingerprint density at radius 2 is 1.25 bits per heavy atom. The number of halogens is 2. The molecule has 0 bridgehead atoms. The predicted octanol–water partition coefficient (Wildman–Crippen LogP) is 4.43. The fourth-order valence-corrected chi connectivity index (χ4v) is 2.18. The number of aryl methyl sites for hydroxylation is 4. The van der Waals surface area contributed by atoms with Crippen LogP contribution in [0.4, 0.5) is 8.78 Å². The number of hydrogen-bond donors (Lipinski definition) is 0. The Bertz CT molecular complexity index is 643. The first-order valence-corrected chi connectivity index (χ1v) is 6.39. The Balaban J connectivity index is 2.57. The summed E-state index contributed by atoms with van der Waals surface area (Å²) in [6, 6.07) is 5.68. The summed E-state index contributed by atoms with van der Waals surface area (Å²) >= 11 is 0. The van der Waals surface area contributed by atoms with Crippen LogP contribution in [-0.4, -0.2) is 5.78 Å². The number of carbonyl (C=O) groups excluding carboxylic acids is 1. The Morgan fingerprint density at radius 3 is 1.90 bits per heavy atom. The van der Waals surface area contributed by atoms with Gasteiger partial charge in [0.2, 0.25) is 0 Å². The van der Waals surface area contributed by atoms with Crippen molar-refractivity contribution in [1.82, 2.24) is 0 Å². The van der Waals surface area contributed by atoms with Crippen molar-refractivity contribution in [3.05, 3.63) is 69.3 Å². The van der Waals surface area contributed by atoms with E-state index in [0.29, 0.717) is 5.56 Å². The summed E-state index contributed by atoms with van der Waals surface area (Å²) in [6.45, 7) is 7.18. The van der Waals surface area contributed by atoms with Crippen LogP contribution in [0, 0.1) is 39.3 Å². The highest BCUT2D eigenvalue weighted by Crippen LogP contribution is 2.22. The Hall–Kier alpha value is -2.03. The molecular formula is C17H16F2O. The van der Waals surface area contributed by atoms with Gasteiger partial charge in [-0.05, 0) is 62.1 Å². The summed E-state index contributed by atoms with van der Waals surface area (Å²) in [6.07, 6.45) is 0. The van der Waals surface area contributed by atoms with E-state index in [4.69, 9.17) is 0 Å². The molecule has 0 saturated heterocycles. The molecule has 0 aromatic heterocycles. The highest BCUT2D eigenvalue weighted by molar-refractivity contribution is 6.10. The molecule has 1 nitrogen and oxygen atoms in total. The van der Waals surface area contributed by atoms with Gasteiger partial charge in [-0.1, -0.05) is 6.07 Å². The van der Waals surface area contributed by atoms with E-state index in [1.54, 1.807) is 6.07 Å². The monoisotopic (exact) mass is 274 g/mol. The molecule has 0 atom stereocenters. The van der Waals surface area contributed by atoms with Crippen LogP contribution in [-0.2, 0) is 0 Å². The third kappa shape index (κ3) is 2.48. The maximum Gasteiger partial charge on any atom is 0.196 e. The van der Waals surface area contributed by atoms with E-state index in [2.05, 4.69) is 0 Å². The lowest BCUT2D eigenvalue weighted by Gasteiger charge is -2.10. The number of rotatable bonds is 2. The van der Waals surface area contributed by atoms with Crippen molar-refractivity contribution in [2.75, 3.05) is 0 Å². The first-order chi connectivity index (χ1) is 9.31. The number of ketones is 1. The Kier molecular flexibility index (Phi) is 3.71. The van der Waals surface area contributed by atoms with Crippen molar-refractivity contribution in [1.29, 1.82) is 0 Å². The number of hydrogen-bond acceptors (Lipinski definition) is 1. The Labute approximate surface area is 117 Å². The van der Waals surface area contributed by atoms with E-state index in [9.17, 15) is 13.6 Å². The summed E-state index contributed by atoms with van der Waals surface area (Å²) in [5.41, 5.74) is 3.47. The zero-order chi connectivity index (χ0) is 15.0. The van der Waals surface area contributed by atoms with Crippen molar-refractivity contribution in [2.45, 2.75) is 27.7 Å². The van der Waals surface area contributed by atoms with E-state index in [-0.39, 0.29) is 11.1 Å². The third-order valence-electron chi connectivity index (χ3n) is 3.58. The lowest BCUT2D eigenvalue weighted by molar-refractivity contribution is 0.103. The fourth-order valence-electron chi connectivity index (χ4n) is 2.18. The third-order valence-corrected chi connectivity index (χ3v) is 3.58. The molecule has 0 aliphatic heterocycles. The molecule has 0 N–H and O–H groups in total. The minimum Gasteiger partial charge on any atom is -0.288 e. The summed E-state index contributed by atoms with van der Waals surface area (Å²) in [7, 11) is 0. The SMILES string of the molecule is Cc1cc(C)c(C(=O)c2cc(C)c(F)cc2F)cc1C. The van der Waals surface area contributed by atoms with Gasteiger partial charge in [0.25, 0.3) is 0 Å². The van der Waals surface area contributed by atoms with Crippen molar-refractivity contribution in [3.63, 3.8) is 0 Å². The molecule has 2 aromatic rings. The van der Waals surface area contributed by atoms with Crippen molar-refractivity contribution >= 4 is 5.78 Å². The molecule has 0 amide bonds. The summed E-state index contributed by atoms with van der Waals surface area (Å²) in [4.78, 5) is 12.5. The van der Waals surface area contributed by atoms with E-state index in [1.807, 2.05) is 26.8 Å². The van der Waals surface area contributed by atoms with Gasteiger partial charge in [0.05, 0.1) is 5.56 Å². The highest BCUT2D eigenvalue weighted by atomic mass is 19.1. The van der Waals surface area contributed by atoms with E-state index >= 15 is 0 Å². The topological polar surface area (TPSA) is 17.1 Å². The zero-order valence-electron chi connectivity index (χ0n) is 12.0. The molecule has 0 saturated carbocycles. The van der Waals surface area contributed by atoms with Crippen LogP contribution in [0.2, 0.25) is 0 Å². The molecule has 20 heavy (non-hydrogen) atoms. The maximum absolute atomic E-state index is 13.8. The first kappa shape index (κ1) is 14.4. The minimum absolute atomic E-state index is 0.0877. The van der Waals surface area contributed by atoms with Gasteiger partial charge in [-0.15, -0.1) is 0 Å². The summed E-state index contributed by atoms with van der Waals surface area (Å²) < 4.78 is 27.1. The van der Waals surface area contributed by atoms with Gasteiger partial charge in [0, 0.05) is 11.6 Å². The minimum atomic E-state index is -0.823. The second kappa shape index (κ2) is 5.16. The number of benzene rings is 2. The van der Waals surface area contributed by atoms with Gasteiger partial charge >= 0.3 is 0 Å². The molecule has 0 aliphatic rings. The predicted molar refractivity (Wildman–Crippen MR) is 75.2 cm³/mol. The van der Waals surface area contributed by atoms with Crippen LogP contribution in [0.5, 0.6) is 0 Å². The van der Waals surface area contributed by atoms with Crippen LogP contribution in [0.15, 0.2) is 24.3 Å². The average molecular weight is 274 g/mol. The van der Waals surface area contributed by atoms with Crippen molar-refractivity contribution in [3.8, 4) is 0 Å². The molecule has 2 aromatic carbocycles. The van der Waals surface area contributed by atoms with E-state index < -0.39 is 17.4 Å². The second-order valence-electron chi connectivity index (χ2n) is 5.16. The van der Waals surface area contributed by atoms with Gasteiger partial charge in [-0.2, -0.15) is 0 Å². The summed E-state index contributed by atoms with van der Waals surface area (Å²) in [5, 5.41) is 0. The van der Waals surface area contributed by atoms with Gasteiger partial charge in [0.1, 0.15) is 11.6 Å². The zero-order valence-corrected chi connectivity index (χ0v) is 12.0. The van der Waals surface area contributed by atoms with Crippen LogP contribution in [0.3, 0.4) is 0 Å². The van der Waals surface area contributed by atoms with Gasteiger partial charge < -0.3 is 0 Å². The van der Waals surface area contributed by atoms with Crippen LogP contribution in [0.25, 0.3) is 0 Å².